The first-order valence-corrected chi connectivity index (χ1v) is 17.4. The Kier molecular flexibility index (Phi) is 15.3. The number of hydrogen-bond acceptors (Lipinski definition) is 0. The van der Waals surface area contributed by atoms with Gasteiger partial charge in [-0.25, -0.2) is 0 Å². The van der Waals surface area contributed by atoms with Gasteiger partial charge in [0.25, 0.3) is 0 Å². The Hall–Kier alpha value is -0.446. The van der Waals surface area contributed by atoms with Crippen molar-refractivity contribution in [2.45, 2.75) is 129 Å². The van der Waals surface area contributed by atoms with Crippen LogP contribution in [-0.4, -0.2) is 15.2 Å². The van der Waals surface area contributed by atoms with Gasteiger partial charge in [0.05, 0.1) is 0 Å². The Balaban J connectivity index is 5.66. The van der Waals surface area contributed by atoms with Crippen molar-refractivity contribution in [2.24, 2.45) is 0 Å². The number of unbranched alkanes of at least 4 members (excludes halogenated alkanes) is 8. The first-order valence-electron chi connectivity index (χ1n) is 11.6. The molecule has 0 aliphatic carbocycles. The van der Waals surface area contributed by atoms with E-state index in [-0.39, 0.29) is 0 Å². The molecule has 0 rings (SSSR count). The highest BCUT2D eigenvalue weighted by Crippen LogP contribution is 2.38. The van der Waals surface area contributed by atoms with Gasteiger partial charge in [0.1, 0.15) is 15.2 Å². The monoisotopic (exact) mass is 390 g/mol. The lowest BCUT2D eigenvalue weighted by Crippen LogP contribution is -2.61. The molecule has 0 nitrogen and oxygen atoms in total. The van der Waals surface area contributed by atoms with Gasteiger partial charge >= 0.3 is 0 Å². The van der Waals surface area contributed by atoms with Crippen molar-refractivity contribution in [3.05, 3.63) is 0 Å². The van der Waals surface area contributed by atoms with E-state index in [0.717, 1.165) is 0 Å². The SMILES string of the molecule is C#C[Si](CCCCC)(CCCCC)[Si](C#C)(CCCCC)CCCCC. The van der Waals surface area contributed by atoms with Gasteiger partial charge in [-0.2, -0.15) is 0 Å². The Morgan fingerprint density at radius 1 is 0.462 bits per heavy atom. The smallest absolute Gasteiger partial charge is 0.136 e. The topological polar surface area (TPSA) is 0 Å². The molecule has 0 amide bonds. The summed E-state index contributed by atoms with van der Waals surface area (Å²) in [5, 5.41) is 0. The fourth-order valence-electron chi connectivity index (χ4n) is 4.48. The molecule has 0 heterocycles. The summed E-state index contributed by atoms with van der Waals surface area (Å²) in [4.78, 5) is 0. The van der Waals surface area contributed by atoms with E-state index in [9.17, 15) is 0 Å². The van der Waals surface area contributed by atoms with Gasteiger partial charge in [-0.05, 0) is 24.2 Å². The van der Waals surface area contributed by atoms with Crippen LogP contribution in [0, 0.1) is 23.9 Å². The highest BCUT2D eigenvalue weighted by atomic mass is 29.3. The van der Waals surface area contributed by atoms with Gasteiger partial charge in [-0.1, -0.05) is 105 Å². The lowest BCUT2D eigenvalue weighted by Gasteiger charge is -2.42. The average molecular weight is 391 g/mol. The van der Waals surface area contributed by atoms with E-state index in [2.05, 4.69) is 38.8 Å². The molecule has 0 N–H and O–H groups in total. The minimum Gasteiger partial charge on any atom is -0.136 e. The average Bonchev–Trinajstić information content (AvgIpc) is 2.66. The highest BCUT2D eigenvalue weighted by Gasteiger charge is 2.51. The molecule has 0 atom stereocenters. The van der Waals surface area contributed by atoms with Crippen molar-refractivity contribution in [1.29, 1.82) is 0 Å². The van der Waals surface area contributed by atoms with E-state index in [0.29, 0.717) is 0 Å². The molecule has 0 unspecified atom stereocenters. The molecule has 2 heteroatoms. The minimum atomic E-state index is -1.79. The molecule has 0 aromatic rings. The third-order valence-electron chi connectivity index (χ3n) is 6.30. The van der Waals surface area contributed by atoms with Gasteiger partial charge in [-0.15, -0.1) is 23.9 Å². The molecule has 0 aliphatic rings. The summed E-state index contributed by atoms with van der Waals surface area (Å²) in [5.74, 6) is 0. The van der Waals surface area contributed by atoms with Crippen LogP contribution in [0.4, 0.5) is 0 Å². The quantitative estimate of drug-likeness (QED) is 0.134. The zero-order valence-corrected chi connectivity index (χ0v) is 20.5. The predicted octanol–water partition coefficient (Wildman–Crippen LogP) is 8.07. The molecule has 150 valence electrons. The normalized spacial score (nSPS) is 11.9. The second-order valence-corrected chi connectivity index (χ2v) is 20.9. The largest absolute Gasteiger partial charge is 0.144 e. The lowest BCUT2D eigenvalue weighted by molar-refractivity contribution is 0.734. The second kappa shape index (κ2) is 15.6. The Labute approximate surface area is 168 Å². The molecule has 26 heavy (non-hydrogen) atoms. The molecule has 0 spiro atoms. The summed E-state index contributed by atoms with van der Waals surface area (Å²) >= 11 is 0. The van der Waals surface area contributed by atoms with Crippen LogP contribution in [0.15, 0.2) is 0 Å². The van der Waals surface area contributed by atoms with E-state index >= 15 is 0 Å². The molecule has 0 bridgehead atoms. The maximum Gasteiger partial charge on any atom is 0.144 e. The molecule has 0 aliphatic heterocycles. The predicted molar refractivity (Wildman–Crippen MR) is 127 cm³/mol. The summed E-state index contributed by atoms with van der Waals surface area (Å²) in [6.45, 7) is 9.18. The van der Waals surface area contributed by atoms with Crippen LogP contribution in [0.1, 0.15) is 105 Å². The summed E-state index contributed by atoms with van der Waals surface area (Å²) < 4.78 is 0. The van der Waals surface area contributed by atoms with Crippen molar-refractivity contribution in [2.75, 3.05) is 0 Å². The molecular weight excluding hydrogens is 344 g/mol. The molecule has 0 fully saturated rings. The Morgan fingerprint density at radius 3 is 0.846 bits per heavy atom. The number of terminal acetylenes is 2. The first kappa shape index (κ1) is 25.6. The number of hydrogen-bond donors (Lipinski definition) is 0. The zero-order valence-electron chi connectivity index (χ0n) is 18.5. The highest BCUT2D eigenvalue weighted by molar-refractivity contribution is 7.48. The Bertz CT molecular complexity index is 353. The molecule has 0 aromatic carbocycles. The summed E-state index contributed by atoms with van der Waals surface area (Å²) in [5.41, 5.74) is 7.07. The van der Waals surface area contributed by atoms with Crippen LogP contribution >= 0.6 is 0 Å². The van der Waals surface area contributed by atoms with Gasteiger partial charge in [-0.3, -0.25) is 0 Å². The molecule has 0 aromatic heterocycles. The molecule has 0 saturated heterocycles. The van der Waals surface area contributed by atoms with Crippen molar-refractivity contribution < 1.29 is 0 Å². The summed E-state index contributed by atoms with van der Waals surface area (Å²) in [6, 6.07) is 5.26. The van der Waals surface area contributed by atoms with Crippen LogP contribution < -0.4 is 0 Å². The van der Waals surface area contributed by atoms with Crippen molar-refractivity contribution in [3.63, 3.8) is 0 Å². The molecular formula is C24H46Si2. The zero-order chi connectivity index (χ0) is 19.7. The number of rotatable bonds is 17. The van der Waals surface area contributed by atoms with E-state index in [1.54, 1.807) is 0 Å². The van der Waals surface area contributed by atoms with Crippen molar-refractivity contribution in [1.82, 2.24) is 0 Å². The second-order valence-electron chi connectivity index (χ2n) is 8.28. The van der Waals surface area contributed by atoms with E-state index in [1.807, 2.05) is 0 Å². The summed E-state index contributed by atoms with van der Waals surface area (Å²) in [7, 11) is -3.59. The van der Waals surface area contributed by atoms with Crippen LogP contribution in [-0.2, 0) is 0 Å². The minimum absolute atomic E-state index is 1.28. The van der Waals surface area contributed by atoms with Gasteiger partial charge in [0.2, 0.25) is 0 Å². The Morgan fingerprint density at radius 2 is 0.692 bits per heavy atom. The maximum atomic E-state index is 6.39. The standard InChI is InChI=1S/C24H46Si2/c1-7-13-17-21-25(11-5,22-18-14-8-2)26(12-6,23-19-15-9-3)24-20-16-10-4/h5-6H,7-10,13-24H2,1-4H3. The van der Waals surface area contributed by atoms with Gasteiger partial charge in [0.15, 0.2) is 0 Å². The third-order valence-corrected chi connectivity index (χ3v) is 23.4. The molecule has 0 radical (unpaired) electrons. The van der Waals surface area contributed by atoms with Gasteiger partial charge < -0.3 is 0 Å². The molecule has 0 saturated carbocycles. The fraction of sp³-hybridized carbons (Fsp3) is 0.833. The summed E-state index contributed by atoms with van der Waals surface area (Å²) in [6.07, 6.45) is 28.5. The first-order chi connectivity index (χ1) is 12.6. The lowest BCUT2D eigenvalue weighted by atomic mass is 10.3. The van der Waals surface area contributed by atoms with Crippen molar-refractivity contribution >= 4 is 15.2 Å². The van der Waals surface area contributed by atoms with Crippen LogP contribution in [0.3, 0.4) is 0 Å². The van der Waals surface area contributed by atoms with Crippen LogP contribution in [0.2, 0.25) is 24.2 Å². The van der Waals surface area contributed by atoms with Crippen molar-refractivity contribution in [3.8, 4) is 23.9 Å². The third kappa shape index (κ3) is 8.06. The van der Waals surface area contributed by atoms with E-state index in [4.69, 9.17) is 12.8 Å². The van der Waals surface area contributed by atoms with Gasteiger partial charge in [0, 0.05) is 0 Å². The van der Waals surface area contributed by atoms with Crippen LogP contribution in [0.25, 0.3) is 0 Å². The maximum absolute atomic E-state index is 6.39. The van der Waals surface area contributed by atoms with Crippen LogP contribution in [0.5, 0.6) is 0 Å². The van der Waals surface area contributed by atoms with E-state index in [1.165, 1.54) is 101 Å². The fourth-order valence-corrected chi connectivity index (χ4v) is 21.0. The van der Waals surface area contributed by atoms with E-state index < -0.39 is 15.2 Å².